The van der Waals surface area contributed by atoms with Gasteiger partial charge >= 0.3 is 5.97 Å². The summed E-state index contributed by atoms with van der Waals surface area (Å²) in [7, 11) is 0. The lowest BCUT2D eigenvalue weighted by Gasteiger charge is -2.11. The number of para-hydroxylation sites is 2. The fraction of sp³-hybridized carbons (Fsp3) is 0.192. The second kappa shape index (κ2) is 9.49. The number of esters is 1. The van der Waals surface area contributed by atoms with Crippen molar-refractivity contribution in [2.24, 2.45) is 5.73 Å². The smallest absolute Gasteiger partial charge is 0.310 e. The van der Waals surface area contributed by atoms with Crippen molar-refractivity contribution in [1.29, 1.82) is 0 Å². The largest absolute Gasteiger partial charge is 0.488 e. The molecule has 2 N–H and O–H groups in total. The highest BCUT2D eigenvalue weighted by Crippen LogP contribution is 2.33. The SMILES string of the molecule is CCOC(=O)Cc1ccccc1OCc1cccc2c(-c3cccc(CN)c3)coc12. The van der Waals surface area contributed by atoms with Gasteiger partial charge < -0.3 is 19.6 Å². The van der Waals surface area contributed by atoms with E-state index in [2.05, 4.69) is 12.1 Å². The molecule has 0 aliphatic rings. The Morgan fingerprint density at radius 1 is 1.00 bits per heavy atom. The second-order valence-corrected chi connectivity index (χ2v) is 7.23. The Labute approximate surface area is 181 Å². The van der Waals surface area contributed by atoms with Crippen LogP contribution < -0.4 is 10.5 Å². The van der Waals surface area contributed by atoms with Crippen molar-refractivity contribution in [3.05, 3.63) is 89.7 Å². The molecule has 158 valence electrons. The summed E-state index contributed by atoms with van der Waals surface area (Å²) in [4.78, 5) is 11.9. The molecule has 5 nitrogen and oxygen atoms in total. The zero-order chi connectivity index (χ0) is 21.6. The highest BCUT2D eigenvalue weighted by molar-refractivity contribution is 5.95. The zero-order valence-corrected chi connectivity index (χ0v) is 17.5. The first-order valence-corrected chi connectivity index (χ1v) is 10.3. The van der Waals surface area contributed by atoms with Crippen LogP contribution in [0, 0.1) is 0 Å². The number of rotatable bonds is 8. The normalized spacial score (nSPS) is 10.9. The highest BCUT2D eigenvalue weighted by Gasteiger charge is 2.14. The third kappa shape index (κ3) is 4.62. The van der Waals surface area contributed by atoms with E-state index in [1.807, 2.05) is 54.6 Å². The van der Waals surface area contributed by atoms with Crippen LogP contribution in [0.25, 0.3) is 22.1 Å². The summed E-state index contributed by atoms with van der Waals surface area (Å²) in [5.41, 5.74) is 11.5. The molecule has 4 rings (SSSR count). The standard InChI is InChI=1S/C26H25NO4/c1-2-29-25(28)14-20-8-3-4-12-24(20)30-16-21-10-6-11-22-23(17-31-26(21)22)19-9-5-7-18(13-19)15-27/h3-13,17H,2,14-16,27H2,1H3. The summed E-state index contributed by atoms with van der Waals surface area (Å²) in [5.74, 6) is 0.394. The maximum atomic E-state index is 11.9. The highest BCUT2D eigenvalue weighted by atomic mass is 16.5. The van der Waals surface area contributed by atoms with E-state index < -0.39 is 0 Å². The quantitative estimate of drug-likeness (QED) is 0.398. The van der Waals surface area contributed by atoms with E-state index in [4.69, 9.17) is 19.6 Å². The Balaban J connectivity index is 1.58. The Hall–Kier alpha value is -3.57. The summed E-state index contributed by atoms with van der Waals surface area (Å²) in [6, 6.07) is 21.7. The van der Waals surface area contributed by atoms with E-state index in [9.17, 15) is 4.79 Å². The van der Waals surface area contributed by atoms with Gasteiger partial charge in [-0.2, -0.15) is 0 Å². The van der Waals surface area contributed by atoms with Crippen molar-refractivity contribution in [3.63, 3.8) is 0 Å². The molecule has 31 heavy (non-hydrogen) atoms. The number of ether oxygens (including phenoxy) is 2. The molecular weight excluding hydrogens is 390 g/mol. The van der Waals surface area contributed by atoms with E-state index in [-0.39, 0.29) is 12.4 Å². The lowest BCUT2D eigenvalue weighted by Crippen LogP contribution is -2.09. The van der Waals surface area contributed by atoms with E-state index in [0.717, 1.165) is 38.8 Å². The molecule has 0 radical (unpaired) electrons. The monoisotopic (exact) mass is 415 g/mol. The summed E-state index contributed by atoms with van der Waals surface area (Å²) in [6.45, 7) is 2.98. The van der Waals surface area contributed by atoms with Gasteiger partial charge in [0.2, 0.25) is 0 Å². The molecule has 0 atom stereocenters. The molecule has 0 fully saturated rings. The molecular formula is C26H25NO4. The maximum Gasteiger partial charge on any atom is 0.310 e. The molecule has 1 aromatic heterocycles. The topological polar surface area (TPSA) is 74.7 Å². The van der Waals surface area contributed by atoms with Crippen LogP contribution in [0.4, 0.5) is 0 Å². The minimum atomic E-state index is -0.268. The molecule has 0 bridgehead atoms. The first-order chi connectivity index (χ1) is 15.2. The molecule has 1 heterocycles. The predicted molar refractivity (Wildman–Crippen MR) is 121 cm³/mol. The van der Waals surface area contributed by atoms with Crippen molar-refractivity contribution >= 4 is 16.9 Å². The average molecular weight is 415 g/mol. The zero-order valence-electron chi connectivity index (χ0n) is 17.5. The summed E-state index contributed by atoms with van der Waals surface area (Å²) >= 11 is 0. The van der Waals surface area contributed by atoms with Crippen LogP contribution >= 0.6 is 0 Å². The van der Waals surface area contributed by atoms with Gasteiger partial charge in [0.25, 0.3) is 0 Å². The van der Waals surface area contributed by atoms with Gasteiger partial charge in [0, 0.05) is 28.6 Å². The van der Waals surface area contributed by atoms with Crippen LogP contribution in [-0.2, 0) is 29.1 Å². The lowest BCUT2D eigenvalue weighted by molar-refractivity contribution is -0.142. The molecule has 4 aromatic rings. The van der Waals surface area contributed by atoms with E-state index >= 15 is 0 Å². The lowest BCUT2D eigenvalue weighted by atomic mass is 10.0. The van der Waals surface area contributed by atoms with Gasteiger partial charge in [-0.1, -0.05) is 54.6 Å². The van der Waals surface area contributed by atoms with Crippen LogP contribution in [0.5, 0.6) is 5.75 Å². The van der Waals surface area contributed by atoms with Crippen LogP contribution in [0.2, 0.25) is 0 Å². The van der Waals surface area contributed by atoms with Gasteiger partial charge in [-0.25, -0.2) is 0 Å². The Morgan fingerprint density at radius 3 is 2.65 bits per heavy atom. The Kier molecular flexibility index (Phi) is 6.34. The molecule has 0 aliphatic heterocycles. The Morgan fingerprint density at radius 2 is 1.81 bits per heavy atom. The molecule has 0 aliphatic carbocycles. The van der Waals surface area contributed by atoms with Crippen molar-refractivity contribution < 1.29 is 18.7 Å². The van der Waals surface area contributed by atoms with Crippen LogP contribution in [0.15, 0.2) is 77.4 Å². The first kappa shape index (κ1) is 20.7. The fourth-order valence-corrected chi connectivity index (χ4v) is 3.63. The molecule has 5 heteroatoms. The molecule has 0 saturated heterocycles. The average Bonchev–Trinajstić information content (AvgIpc) is 3.23. The number of furan rings is 1. The number of nitrogens with two attached hydrogens (primary N) is 1. The van der Waals surface area contributed by atoms with Crippen LogP contribution in [0.1, 0.15) is 23.6 Å². The number of hydrogen-bond donors (Lipinski definition) is 1. The molecule has 0 amide bonds. The second-order valence-electron chi connectivity index (χ2n) is 7.23. The van der Waals surface area contributed by atoms with Gasteiger partial charge in [-0.3, -0.25) is 4.79 Å². The number of carbonyl (C=O) groups is 1. The van der Waals surface area contributed by atoms with Gasteiger partial charge in [-0.05, 0) is 30.2 Å². The van der Waals surface area contributed by atoms with Crippen molar-refractivity contribution in [2.75, 3.05) is 6.61 Å². The number of carbonyl (C=O) groups excluding carboxylic acids is 1. The number of benzene rings is 3. The molecule has 0 saturated carbocycles. The maximum absolute atomic E-state index is 11.9. The summed E-state index contributed by atoms with van der Waals surface area (Å²) in [6.07, 6.45) is 1.95. The van der Waals surface area contributed by atoms with Gasteiger partial charge in [0.15, 0.2) is 0 Å². The number of hydrogen-bond acceptors (Lipinski definition) is 5. The van der Waals surface area contributed by atoms with Gasteiger partial charge in [-0.15, -0.1) is 0 Å². The van der Waals surface area contributed by atoms with E-state index in [1.165, 1.54) is 0 Å². The summed E-state index contributed by atoms with van der Waals surface area (Å²) < 4.78 is 17.1. The first-order valence-electron chi connectivity index (χ1n) is 10.3. The van der Waals surface area contributed by atoms with Crippen molar-refractivity contribution in [3.8, 4) is 16.9 Å². The molecule has 0 unspecified atom stereocenters. The van der Waals surface area contributed by atoms with E-state index in [1.54, 1.807) is 13.2 Å². The minimum Gasteiger partial charge on any atom is -0.488 e. The fourth-order valence-electron chi connectivity index (χ4n) is 3.63. The predicted octanol–water partition coefficient (Wildman–Crippen LogP) is 5.24. The van der Waals surface area contributed by atoms with Gasteiger partial charge in [0.05, 0.1) is 19.3 Å². The van der Waals surface area contributed by atoms with E-state index in [0.29, 0.717) is 25.5 Å². The molecule has 0 spiro atoms. The summed E-state index contributed by atoms with van der Waals surface area (Å²) in [5, 5.41) is 1.02. The van der Waals surface area contributed by atoms with Crippen molar-refractivity contribution in [1.82, 2.24) is 0 Å². The molecule has 3 aromatic carbocycles. The van der Waals surface area contributed by atoms with Crippen molar-refractivity contribution in [2.45, 2.75) is 26.5 Å². The minimum absolute atomic E-state index is 0.177. The van der Waals surface area contributed by atoms with Crippen LogP contribution in [0.3, 0.4) is 0 Å². The third-order valence-corrected chi connectivity index (χ3v) is 5.15. The van der Waals surface area contributed by atoms with Gasteiger partial charge in [0.1, 0.15) is 17.9 Å². The third-order valence-electron chi connectivity index (χ3n) is 5.15. The Bertz CT molecular complexity index is 1190. The number of fused-ring (bicyclic) bond motifs is 1. The van der Waals surface area contributed by atoms with Crippen LogP contribution in [-0.4, -0.2) is 12.6 Å².